The third-order valence-electron chi connectivity index (χ3n) is 2.82. The van der Waals surface area contributed by atoms with Crippen LogP contribution in [-0.4, -0.2) is 32.1 Å². The second-order valence-corrected chi connectivity index (χ2v) is 4.29. The lowest BCUT2D eigenvalue weighted by atomic mass is 10.0. The minimum Gasteiger partial charge on any atom is -0.493 e. The molecule has 20 heavy (non-hydrogen) atoms. The molecule has 0 saturated heterocycles. The van der Waals surface area contributed by atoms with Crippen LogP contribution < -0.4 is 9.47 Å². The molecule has 0 saturated carbocycles. The van der Waals surface area contributed by atoms with Crippen LogP contribution in [0.3, 0.4) is 0 Å². The Kier molecular flexibility index (Phi) is 6.03. The number of ether oxygens (including phenoxy) is 3. The van der Waals surface area contributed by atoms with Crippen molar-refractivity contribution in [3.05, 3.63) is 23.8 Å². The molecular formula is C15H20O5. The Balaban J connectivity index is 3.13. The molecule has 1 unspecified atom stereocenters. The third-order valence-corrected chi connectivity index (χ3v) is 2.82. The summed E-state index contributed by atoms with van der Waals surface area (Å²) < 4.78 is 15.5. The summed E-state index contributed by atoms with van der Waals surface area (Å²) in [7, 11) is 2.97. The first-order valence-electron chi connectivity index (χ1n) is 6.47. The van der Waals surface area contributed by atoms with Crippen molar-refractivity contribution in [1.29, 1.82) is 0 Å². The van der Waals surface area contributed by atoms with E-state index >= 15 is 0 Å². The molecule has 0 bridgehead atoms. The molecule has 0 aliphatic rings. The maximum absolute atomic E-state index is 12.5. The minimum absolute atomic E-state index is 0.280. The van der Waals surface area contributed by atoms with E-state index in [4.69, 9.17) is 14.2 Å². The van der Waals surface area contributed by atoms with Crippen molar-refractivity contribution in [3.8, 4) is 11.5 Å². The average Bonchev–Trinajstić information content (AvgIpc) is 2.44. The molecule has 0 amide bonds. The van der Waals surface area contributed by atoms with Gasteiger partial charge in [-0.25, -0.2) is 0 Å². The monoisotopic (exact) mass is 280 g/mol. The van der Waals surface area contributed by atoms with Crippen LogP contribution in [0.4, 0.5) is 0 Å². The van der Waals surface area contributed by atoms with Crippen LogP contribution >= 0.6 is 0 Å². The van der Waals surface area contributed by atoms with Crippen LogP contribution in [0, 0.1) is 0 Å². The largest absolute Gasteiger partial charge is 0.493 e. The zero-order valence-electron chi connectivity index (χ0n) is 12.3. The lowest BCUT2D eigenvalue weighted by molar-refractivity contribution is -0.144. The predicted molar refractivity (Wildman–Crippen MR) is 74.3 cm³/mol. The van der Waals surface area contributed by atoms with Gasteiger partial charge in [0, 0.05) is 6.92 Å². The second-order valence-electron chi connectivity index (χ2n) is 4.29. The molecule has 0 heterocycles. The third kappa shape index (κ3) is 3.73. The standard InChI is InChI=1S/C15H20O5/c1-5-7-12(20-10(2)16)14(17)11-8-6-9-13(18-3)15(11)19-4/h6,8-9,12H,5,7H2,1-4H3. The van der Waals surface area contributed by atoms with Gasteiger partial charge in [-0.3, -0.25) is 9.59 Å². The van der Waals surface area contributed by atoms with Gasteiger partial charge in [0.25, 0.3) is 0 Å². The van der Waals surface area contributed by atoms with Gasteiger partial charge in [0.15, 0.2) is 17.6 Å². The van der Waals surface area contributed by atoms with Gasteiger partial charge in [-0.1, -0.05) is 19.4 Å². The van der Waals surface area contributed by atoms with Crippen molar-refractivity contribution in [3.63, 3.8) is 0 Å². The van der Waals surface area contributed by atoms with Gasteiger partial charge < -0.3 is 14.2 Å². The number of hydrogen-bond acceptors (Lipinski definition) is 5. The molecule has 0 aliphatic carbocycles. The highest BCUT2D eigenvalue weighted by molar-refractivity contribution is 6.03. The van der Waals surface area contributed by atoms with Crippen molar-refractivity contribution < 1.29 is 23.8 Å². The quantitative estimate of drug-likeness (QED) is 0.567. The number of para-hydroxylation sites is 1. The Morgan fingerprint density at radius 2 is 1.90 bits per heavy atom. The second kappa shape index (κ2) is 7.53. The Morgan fingerprint density at radius 3 is 2.40 bits per heavy atom. The van der Waals surface area contributed by atoms with E-state index in [2.05, 4.69) is 0 Å². The van der Waals surface area contributed by atoms with Gasteiger partial charge in [0.05, 0.1) is 19.8 Å². The van der Waals surface area contributed by atoms with Crippen LogP contribution in [0.1, 0.15) is 37.0 Å². The summed E-state index contributed by atoms with van der Waals surface area (Å²) in [6.07, 6.45) is 0.410. The van der Waals surface area contributed by atoms with Gasteiger partial charge in [0.1, 0.15) is 0 Å². The van der Waals surface area contributed by atoms with Gasteiger partial charge in [-0.2, -0.15) is 0 Å². The van der Waals surface area contributed by atoms with Crippen LogP contribution in [-0.2, 0) is 9.53 Å². The smallest absolute Gasteiger partial charge is 0.303 e. The van der Waals surface area contributed by atoms with Crippen LogP contribution in [0.15, 0.2) is 18.2 Å². The first-order chi connectivity index (χ1) is 9.54. The van der Waals surface area contributed by atoms with Crippen molar-refractivity contribution in [2.24, 2.45) is 0 Å². The van der Waals surface area contributed by atoms with Crippen LogP contribution in [0.2, 0.25) is 0 Å². The average molecular weight is 280 g/mol. The first-order valence-corrected chi connectivity index (χ1v) is 6.47. The summed E-state index contributed by atoms with van der Waals surface area (Å²) in [4.78, 5) is 23.6. The van der Waals surface area contributed by atoms with Crippen molar-refractivity contribution in [1.82, 2.24) is 0 Å². The summed E-state index contributed by atoms with van der Waals surface area (Å²) in [5.41, 5.74) is 0.353. The van der Waals surface area contributed by atoms with Gasteiger partial charge in [-0.15, -0.1) is 0 Å². The highest BCUT2D eigenvalue weighted by atomic mass is 16.5. The van der Waals surface area contributed by atoms with Crippen LogP contribution in [0.25, 0.3) is 0 Å². The Morgan fingerprint density at radius 1 is 1.20 bits per heavy atom. The fourth-order valence-electron chi connectivity index (χ4n) is 1.96. The number of methoxy groups -OCH3 is 2. The van der Waals surface area contributed by atoms with Gasteiger partial charge >= 0.3 is 5.97 Å². The molecule has 5 heteroatoms. The number of carbonyl (C=O) groups is 2. The maximum Gasteiger partial charge on any atom is 0.303 e. The van der Waals surface area contributed by atoms with E-state index in [0.717, 1.165) is 6.42 Å². The van der Waals surface area contributed by atoms with E-state index in [1.165, 1.54) is 21.1 Å². The summed E-state index contributed by atoms with van der Waals surface area (Å²) in [6.45, 7) is 3.21. The number of rotatable bonds is 7. The number of carbonyl (C=O) groups excluding carboxylic acids is 2. The Bertz CT molecular complexity index is 481. The predicted octanol–water partition coefficient (Wildman–Crippen LogP) is 2.62. The molecule has 0 spiro atoms. The lowest BCUT2D eigenvalue weighted by Gasteiger charge is -2.17. The molecule has 5 nitrogen and oxygen atoms in total. The van der Waals surface area contributed by atoms with Crippen molar-refractivity contribution >= 4 is 11.8 Å². The van der Waals surface area contributed by atoms with Gasteiger partial charge in [-0.05, 0) is 18.6 Å². The summed E-state index contributed by atoms with van der Waals surface area (Å²) in [5, 5.41) is 0. The van der Waals surface area contributed by atoms with Crippen molar-refractivity contribution in [2.45, 2.75) is 32.8 Å². The number of benzene rings is 1. The molecule has 0 aromatic heterocycles. The molecule has 1 aromatic carbocycles. The molecule has 1 aromatic rings. The van der Waals surface area contributed by atoms with Crippen molar-refractivity contribution in [2.75, 3.05) is 14.2 Å². The molecule has 110 valence electrons. The number of Topliss-reactive ketones (excluding diaryl/α,β-unsaturated/α-hetero) is 1. The van der Waals surface area contributed by atoms with Crippen LogP contribution in [0.5, 0.6) is 11.5 Å². The molecule has 1 rings (SSSR count). The van der Waals surface area contributed by atoms with E-state index in [1.54, 1.807) is 18.2 Å². The van der Waals surface area contributed by atoms with E-state index < -0.39 is 12.1 Å². The highest BCUT2D eigenvalue weighted by Gasteiger charge is 2.26. The normalized spacial score (nSPS) is 11.6. The maximum atomic E-state index is 12.5. The summed E-state index contributed by atoms with van der Waals surface area (Å²) in [5.74, 6) is 0.0705. The molecule has 0 N–H and O–H groups in total. The van der Waals surface area contributed by atoms with E-state index in [9.17, 15) is 9.59 Å². The first kappa shape index (κ1) is 16.0. The van der Waals surface area contributed by atoms with E-state index in [1.807, 2.05) is 6.92 Å². The molecule has 0 aliphatic heterocycles. The molecule has 1 atom stereocenters. The van der Waals surface area contributed by atoms with Gasteiger partial charge in [0.2, 0.25) is 5.78 Å². The minimum atomic E-state index is -0.793. The highest BCUT2D eigenvalue weighted by Crippen LogP contribution is 2.32. The zero-order chi connectivity index (χ0) is 15.1. The lowest BCUT2D eigenvalue weighted by Crippen LogP contribution is -2.26. The fourth-order valence-corrected chi connectivity index (χ4v) is 1.96. The number of esters is 1. The summed E-state index contributed by atoms with van der Waals surface area (Å²) in [6, 6.07) is 5.04. The molecular weight excluding hydrogens is 260 g/mol. The Labute approximate surface area is 118 Å². The Hall–Kier alpha value is -2.04. The SMILES string of the molecule is CCCC(OC(C)=O)C(=O)c1cccc(OC)c1OC. The summed E-state index contributed by atoms with van der Waals surface area (Å²) >= 11 is 0. The van der Waals surface area contributed by atoms with E-state index in [0.29, 0.717) is 23.5 Å². The molecule has 0 radical (unpaired) electrons. The zero-order valence-corrected chi connectivity index (χ0v) is 12.3. The van der Waals surface area contributed by atoms with E-state index in [-0.39, 0.29) is 5.78 Å². The number of hydrogen-bond donors (Lipinski definition) is 0. The number of ketones is 1. The fraction of sp³-hybridized carbons (Fsp3) is 0.467. The topological polar surface area (TPSA) is 61.8 Å². The molecule has 0 fully saturated rings.